The van der Waals surface area contributed by atoms with Crippen molar-refractivity contribution in [1.29, 1.82) is 0 Å². The van der Waals surface area contributed by atoms with Crippen molar-refractivity contribution in [2.24, 2.45) is 11.8 Å². The monoisotopic (exact) mass is 586 g/mol. The Morgan fingerprint density at radius 3 is 2.31 bits per heavy atom. The zero-order valence-corrected chi connectivity index (χ0v) is 24.3. The van der Waals surface area contributed by atoms with Crippen LogP contribution in [0.5, 0.6) is 0 Å². The zero-order valence-electron chi connectivity index (χ0n) is 24.3. The van der Waals surface area contributed by atoms with Gasteiger partial charge in [0.05, 0.1) is 28.7 Å². The highest BCUT2D eigenvalue weighted by atomic mass is 19.4. The van der Waals surface area contributed by atoms with E-state index in [1.165, 1.54) is 6.92 Å². The first kappa shape index (κ1) is 27.4. The Morgan fingerprint density at radius 2 is 1.76 bits per heavy atom. The number of piperidine rings is 1. The van der Waals surface area contributed by atoms with Gasteiger partial charge in [-0.2, -0.15) is 18.3 Å². The van der Waals surface area contributed by atoms with Crippen molar-refractivity contribution in [2.45, 2.75) is 89.5 Å². The molecule has 8 nitrogen and oxygen atoms in total. The molecule has 2 N–H and O–H groups in total. The second kappa shape index (κ2) is 8.57. The molecule has 2 unspecified atom stereocenters. The van der Waals surface area contributed by atoms with Crippen LogP contribution in [0.4, 0.5) is 28.2 Å². The summed E-state index contributed by atoms with van der Waals surface area (Å²) in [7, 11) is 0. The molecule has 224 valence electrons. The van der Waals surface area contributed by atoms with Crippen molar-refractivity contribution in [1.82, 2.24) is 24.6 Å². The molecule has 2 atom stereocenters. The van der Waals surface area contributed by atoms with E-state index in [9.17, 15) is 18.0 Å². The van der Waals surface area contributed by atoms with E-state index in [0.717, 1.165) is 37.4 Å². The van der Waals surface area contributed by atoms with Gasteiger partial charge in [-0.1, -0.05) is 6.92 Å². The summed E-state index contributed by atoms with van der Waals surface area (Å²) < 4.78 is 66.8. The summed E-state index contributed by atoms with van der Waals surface area (Å²) in [5.74, 6) is -0.618. The van der Waals surface area contributed by atoms with Gasteiger partial charge < -0.3 is 15.4 Å². The molecule has 4 heterocycles. The fourth-order valence-electron chi connectivity index (χ4n) is 6.73. The molecule has 1 saturated heterocycles. The van der Waals surface area contributed by atoms with Gasteiger partial charge >= 0.3 is 12.3 Å². The number of nitrogens with two attached hydrogens (primary N) is 1. The second-order valence-electron chi connectivity index (χ2n) is 13.8. The number of carbonyl (C=O) groups excluding carboxylic acids is 1. The number of halogens is 4. The summed E-state index contributed by atoms with van der Waals surface area (Å²) in [5, 5.41) is 5.60. The van der Waals surface area contributed by atoms with Gasteiger partial charge in [-0.25, -0.2) is 19.2 Å². The quantitative estimate of drug-likeness (QED) is 0.350. The van der Waals surface area contributed by atoms with Crippen LogP contribution in [0.15, 0.2) is 6.07 Å². The number of amides is 1. The Kier molecular flexibility index (Phi) is 5.59. The minimum absolute atomic E-state index is 0.0175. The Bertz CT molecular complexity index is 1640. The summed E-state index contributed by atoms with van der Waals surface area (Å²) in [5.41, 5.74) is 4.32. The molecule has 3 aliphatic carbocycles. The third-order valence-corrected chi connectivity index (χ3v) is 9.20. The molecule has 3 aromatic heterocycles. The average Bonchev–Trinajstić information content (AvgIpc) is 3.83. The molecule has 0 spiro atoms. The summed E-state index contributed by atoms with van der Waals surface area (Å²) in [6, 6.07) is 1.05. The highest BCUT2D eigenvalue weighted by Crippen LogP contribution is 2.61. The lowest BCUT2D eigenvalue weighted by Gasteiger charge is -2.25. The van der Waals surface area contributed by atoms with Crippen LogP contribution < -0.4 is 5.73 Å². The predicted molar refractivity (Wildman–Crippen MR) is 147 cm³/mol. The predicted octanol–water partition coefficient (Wildman–Crippen LogP) is 6.51. The lowest BCUT2D eigenvalue weighted by Crippen LogP contribution is -2.36. The number of pyridine rings is 2. The van der Waals surface area contributed by atoms with Crippen LogP contribution >= 0.6 is 0 Å². The number of hydrogen-bond acceptors (Lipinski definition) is 6. The van der Waals surface area contributed by atoms with Gasteiger partial charge in [0.25, 0.3) is 0 Å². The molecule has 1 amide bonds. The van der Waals surface area contributed by atoms with Crippen LogP contribution in [0.2, 0.25) is 0 Å². The van der Waals surface area contributed by atoms with E-state index in [4.69, 9.17) is 20.6 Å². The normalized spacial score (nSPS) is 24.7. The van der Waals surface area contributed by atoms with Crippen LogP contribution in [0.3, 0.4) is 0 Å². The summed E-state index contributed by atoms with van der Waals surface area (Å²) in [6.07, 6.45) is -1.90. The van der Waals surface area contributed by atoms with E-state index in [1.807, 2.05) is 27.7 Å². The number of carbonyl (C=O) groups is 1. The molecule has 4 aliphatic rings. The molecule has 42 heavy (non-hydrogen) atoms. The van der Waals surface area contributed by atoms with Gasteiger partial charge in [-0.3, -0.25) is 4.68 Å². The number of nitrogen functional groups attached to an aromatic ring is 1. The number of alkyl halides is 3. The molecule has 3 saturated carbocycles. The van der Waals surface area contributed by atoms with Gasteiger partial charge in [0, 0.05) is 35.4 Å². The molecule has 0 bridgehead atoms. The molecular formula is C30H34F4N6O2. The van der Waals surface area contributed by atoms with Crippen molar-refractivity contribution in [3.63, 3.8) is 0 Å². The first-order valence-electron chi connectivity index (χ1n) is 14.5. The minimum atomic E-state index is -4.78. The highest BCUT2D eigenvalue weighted by molar-refractivity contribution is 5.91. The zero-order chi connectivity index (χ0) is 30.1. The number of rotatable bonds is 4. The first-order valence-corrected chi connectivity index (χ1v) is 14.5. The number of aryl methyl sites for hydroxylation is 1. The van der Waals surface area contributed by atoms with Crippen molar-refractivity contribution in [3.05, 3.63) is 34.5 Å². The van der Waals surface area contributed by atoms with Crippen LogP contribution in [0, 0.1) is 24.6 Å². The van der Waals surface area contributed by atoms with E-state index >= 15 is 4.39 Å². The molecular weight excluding hydrogens is 552 g/mol. The third kappa shape index (κ3) is 4.31. The number of nitrogens with zero attached hydrogens (tertiary/aromatic N) is 5. The highest BCUT2D eigenvalue weighted by Gasteiger charge is 2.60. The maximum Gasteiger partial charge on any atom is 0.418 e. The van der Waals surface area contributed by atoms with Gasteiger partial charge in [-0.05, 0) is 71.3 Å². The number of anilines is 1. The Balaban J connectivity index is 1.37. The van der Waals surface area contributed by atoms with E-state index in [2.05, 4.69) is 4.98 Å². The average molecular weight is 587 g/mol. The SMILES string of the molecule is Cc1nc(N)cc(-c2nc(C3(C)CC3)c3c(C4C5CN(C(=O)OC(C)(C)C)CC54)nn(C4CC4)c3c2F)c1C(F)(F)F. The van der Waals surface area contributed by atoms with E-state index in [0.29, 0.717) is 24.2 Å². The minimum Gasteiger partial charge on any atom is -0.444 e. The fraction of sp³-hybridized carbons (Fsp3) is 0.600. The molecule has 1 aliphatic heterocycles. The Morgan fingerprint density at radius 1 is 1.12 bits per heavy atom. The van der Waals surface area contributed by atoms with E-state index < -0.39 is 34.1 Å². The largest absolute Gasteiger partial charge is 0.444 e. The molecule has 0 aromatic carbocycles. The van der Waals surface area contributed by atoms with Gasteiger partial charge in [0.2, 0.25) is 0 Å². The molecule has 3 aromatic rings. The smallest absolute Gasteiger partial charge is 0.418 e. The lowest BCUT2D eigenvalue weighted by molar-refractivity contribution is -0.137. The topological polar surface area (TPSA) is 99.2 Å². The van der Waals surface area contributed by atoms with Crippen molar-refractivity contribution in [3.8, 4) is 11.3 Å². The van der Waals surface area contributed by atoms with Crippen LogP contribution in [0.1, 0.15) is 88.0 Å². The van der Waals surface area contributed by atoms with Gasteiger partial charge in [0.1, 0.15) is 22.6 Å². The lowest BCUT2D eigenvalue weighted by atomic mass is 9.94. The number of aromatic nitrogens is 4. The molecule has 12 heteroatoms. The van der Waals surface area contributed by atoms with Crippen molar-refractivity contribution in [2.75, 3.05) is 18.8 Å². The maximum atomic E-state index is 16.7. The molecule has 0 radical (unpaired) electrons. The van der Waals surface area contributed by atoms with Crippen LogP contribution in [0.25, 0.3) is 22.2 Å². The number of fused-ring (bicyclic) bond motifs is 2. The van der Waals surface area contributed by atoms with Crippen molar-refractivity contribution < 1.29 is 27.1 Å². The molecule has 7 rings (SSSR count). The van der Waals surface area contributed by atoms with Gasteiger partial charge in [-0.15, -0.1) is 0 Å². The number of ether oxygens (including phenoxy) is 1. The summed E-state index contributed by atoms with van der Waals surface area (Å²) in [6.45, 7) is 9.77. The second-order valence-corrected chi connectivity index (χ2v) is 13.8. The van der Waals surface area contributed by atoms with Crippen molar-refractivity contribution >= 4 is 22.8 Å². The third-order valence-electron chi connectivity index (χ3n) is 9.20. The van der Waals surface area contributed by atoms with E-state index in [-0.39, 0.29) is 52.6 Å². The Labute approximate surface area is 240 Å². The fourth-order valence-corrected chi connectivity index (χ4v) is 6.73. The van der Waals surface area contributed by atoms with Gasteiger partial charge in [0.15, 0.2) is 5.82 Å². The summed E-state index contributed by atoms with van der Waals surface area (Å²) in [4.78, 5) is 22.9. The van der Waals surface area contributed by atoms with Crippen LogP contribution in [-0.2, 0) is 16.3 Å². The maximum absolute atomic E-state index is 16.7. The number of likely N-dealkylation sites (tertiary alicyclic amines) is 1. The molecule has 4 fully saturated rings. The Hall–Kier alpha value is -3.44. The number of hydrogen-bond donors (Lipinski definition) is 1. The standard InChI is InChI=1S/C30H34F4N6O2/c1-13-21(30(32,33)34)15(10-18(35)36-13)23-22(31)25-20(26(37-23)29(5)8-9-29)24(38-40(25)14-6-7-14)19-16-11-39(12-17(16)19)27(41)42-28(2,3)4/h10,14,16-17,19H,6-9,11-12H2,1-5H3,(H2,35,36). The first-order chi connectivity index (χ1) is 19.6. The summed E-state index contributed by atoms with van der Waals surface area (Å²) >= 11 is 0. The van der Waals surface area contributed by atoms with Crippen LogP contribution in [-0.4, -0.2) is 49.4 Å². The van der Waals surface area contributed by atoms with E-state index in [1.54, 1.807) is 9.58 Å².